The molecule has 1 aromatic heterocycles. The first kappa shape index (κ1) is 50.5. The fourth-order valence-corrected chi connectivity index (χ4v) is 14.8. The van der Waals surface area contributed by atoms with Gasteiger partial charge in [-0.2, -0.15) is 0 Å². The first-order valence-corrected chi connectivity index (χ1v) is 28.9. The Labute approximate surface area is 465 Å². The van der Waals surface area contributed by atoms with Gasteiger partial charge in [-0.25, -0.2) is 0 Å². The van der Waals surface area contributed by atoms with Crippen molar-refractivity contribution in [1.29, 1.82) is 0 Å². The molecule has 2 aliphatic carbocycles. The van der Waals surface area contributed by atoms with Gasteiger partial charge >= 0.3 is 0 Å². The number of aryl methyl sites for hydroxylation is 2. The summed E-state index contributed by atoms with van der Waals surface area (Å²) < 4.78 is 7.07. The average Bonchev–Trinajstić information content (AvgIpc) is 3.14. The van der Waals surface area contributed by atoms with Crippen molar-refractivity contribution in [2.24, 2.45) is 0 Å². The lowest BCUT2D eigenvalue weighted by Crippen LogP contribution is -2.62. The highest BCUT2D eigenvalue weighted by Gasteiger charge is 2.49. The molecule has 5 heteroatoms. The monoisotopic (exact) mass is 1020 g/mol. The molecule has 0 saturated carbocycles. The zero-order chi connectivity index (χ0) is 55.0. The Morgan fingerprint density at radius 2 is 0.949 bits per heavy atom. The molecule has 0 amide bonds. The molecule has 3 heterocycles. The predicted octanol–water partition coefficient (Wildman–Crippen LogP) is 18.7. The number of anilines is 9. The first-order valence-electron chi connectivity index (χ1n) is 28.9. The van der Waals surface area contributed by atoms with Crippen molar-refractivity contribution in [3.63, 3.8) is 0 Å². The second-order valence-corrected chi connectivity index (χ2v) is 28.6. The van der Waals surface area contributed by atoms with E-state index >= 15 is 0 Å². The van der Waals surface area contributed by atoms with Crippen LogP contribution in [0.2, 0.25) is 0 Å². The summed E-state index contributed by atoms with van der Waals surface area (Å²) in [6.07, 6.45) is 3.42. The van der Waals surface area contributed by atoms with Crippen LogP contribution in [0.4, 0.5) is 51.2 Å². The lowest BCUT2D eigenvalue weighted by molar-refractivity contribution is 0.332. The summed E-state index contributed by atoms with van der Waals surface area (Å²) in [4.78, 5) is 7.74. The van der Waals surface area contributed by atoms with E-state index in [0.29, 0.717) is 0 Å². The molecule has 0 spiro atoms. The molecule has 394 valence electrons. The Kier molecular flexibility index (Phi) is 10.9. The summed E-state index contributed by atoms with van der Waals surface area (Å²) in [5.74, 6) is 0. The zero-order valence-electron chi connectivity index (χ0n) is 49.3. The average molecular weight is 1020 g/mol. The van der Waals surface area contributed by atoms with E-state index in [4.69, 9.17) is 4.42 Å². The van der Waals surface area contributed by atoms with Crippen LogP contribution in [-0.2, 0) is 32.5 Å². The van der Waals surface area contributed by atoms with Gasteiger partial charge in [0.05, 0.1) is 5.69 Å². The minimum atomic E-state index is -0.0566. The van der Waals surface area contributed by atoms with Gasteiger partial charge in [-0.05, 0) is 199 Å². The molecule has 4 aliphatic rings. The van der Waals surface area contributed by atoms with Crippen LogP contribution in [-0.4, -0.2) is 6.71 Å². The van der Waals surface area contributed by atoms with Gasteiger partial charge in [0.2, 0.25) is 0 Å². The fourth-order valence-electron chi connectivity index (χ4n) is 14.8. The van der Waals surface area contributed by atoms with E-state index in [-0.39, 0.29) is 39.2 Å². The first-order chi connectivity index (χ1) is 36.7. The van der Waals surface area contributed by atoms with Crippen molar-refractivity contribution in [3.05, 3.63) is 190 Å². The SMILES string of the molecule is Cc1cc2c3c(c1)N(c1cccc4c1oc1ccccc14)c1cc(N(c4ccc(C(C)(C)C)cc4)c4ccc(C(C)(C)C)cc4)ccc1B3c1cc3c(cc1N2c1cc2c(cc1C)C(C)(C)CC2(C)C)C(C)(C)CCC3(C)C. The molecule has 0 fully saturated rings. The summed E-state index contributed by atoms with van der Waals surface area (Å²) in [6, 6.07) is 56.6. The molecule has 0 atom stereocenters. The molecule has 0 unspecified atom stereocenters. The highest BCUT2D eigenvalue weighted by atomic mass is 16.3. The number of rotatable bonds is 5. The van der Waals surface area contributed by atoms with Gasteiger partial charge in [0.15, 0.2) is 5.58 Å². The van der Waals surface area contributed by atoms with Crippen LogP contribution in [0.3, 0.4) is 0 Å². The smallest absolute Gasteiger partial charge is 0.252 e. The molecule has 0 saturated heterocycles. The highest BCUT2D eigenvalue weighted by Crippen LogP contribution is 2.55. The van der Waals surface area contributed by atoms with Gasteiger partial charge in [0.1, 0.15) is 5.58 Å². The van der Waals surface area contributed by atoms with Crippen molar-refractivity contribution in [2.45, 2.75) is 163 Å². The molecule has 2 aliphatic heterocycles. The summed E-state index contributed by atoms with van der Waals surface area (Å²) in [5, 5.41) is 2.24. The molecule has 0 bridgehead atoms. The summed E-state index contributed by atoms with van der Waals surface area (Å²) in [6.45, 7) is 38.1. The zero-order valence-corrected chi connectivity index (χ0v) is 49.3. The Hall–Kier alpha value is -6.98. The minimum Gasteiger partial charge on any atom is -0.454 e. The largest absolute Gasteiger partial charge is 0.454 e. The van der Waals surface area contributed by atoms with Gasteiger partial charge in [0.25, 0.3) is 6.71 Å². The lowest BCUT2D eigenvalue weighted by Gasteiger charge is -2.48. The van der Waals surface area contributed by atoms with Crippen LogP contribution in [0.5, 0.6) is 0 Å². The lowest BCUT2D eigenvalue weighted by atomic mass is 9.33. The highest BCUT2D eigenvalue weighted by molar-refractivity contribution is 7.00. The maximum atomic E-state index is 7.07. The predicted molar refractivity (Wildman–Crippen MR) is 335 cm³/mol. The summed E-state index contributed by atoms with van der Waals surface area (Å²) in [5.41, 5.74) is 27.6. The standard InChI is InChI=1S/C73H78BN3O/c1-44-36-63-66-64(37-44)77(60-41-56-53(38-45(60)2)72(13,14)43-73(56,15)16)62-42-55-54(70(9,10)34-35-71(55,11)12)40-58(62)74(66)57-33-32-50(39-61(57)76(63)59-22-19-21-52-51-20-17-18-23-65(51)78-67(52)59)75(48-28-24-46(25-29-48)68(3,4)5)49-30-26-47(27-31-49)69(6,7)8/h17-33,36-42H,34-35,43H2,1-16H3. The molecular formula is C73H78BN3O. The van der Waals surface area contributed by atoms with E-state index in [1.807, 2.05) is 0 Å². The van der Waals surface area contributed by atoms with Crippen molar-refractivity contribution < 1.29 is 4.42 Å². The third-order valence-electron chi connectivity index (χ3n) is 19.0. The number of hydrogen-bond acceptors (Lipinski definition) is 4. The quantitative estimate of drug-likeness (QED) is 0.160. The van der Waals surface area contributed by atoms with E-state index in [2.05, 4.69) is 271 Å². The van der Waals surface area contributed by atoms with E-state index in [1.54, 1.807) is 0 Å². The molecule has 9 aromatic rings. The number of para-hydroxylation sites is 2. The van der Waals surface area contributed by atoms with Crippen LogP contribution >= 0.6 is 0 Å². The van der Waals surface area contributed by atoms with Gasteiger partial charge in [-0.15, -0.1) is 0 Å². The van der Waals surface area contributed by atoms with E-state index in [1.165, 1.54) is 83.6 Å². The van der Waals surface area contributed by atoms with Gasteiger partial charge in [0, 0.05) is 56.3 Å². The molecule has 4 nitrogen and oxygen atoms in total. The number of hydrogen-bond donors (Lipinski definition) is 0. The normalized spacial score (nSPS) is 17.4. The molecule has 0 radical (unpaired) electrons. The van der Waals surface area contributed by atoms with Crippen LogP contribution in [0.1, 0.15) is 161 Å². The number of furan rings is 1. The third kappa shape index (κ3) is 7.67. The number of nitrogens with zero attached hydrogens (tertiary/aromatic N) is 3. The maximum absolute atomic E-state index is 7.07. The Bertz CT molecular complexity index is 3890. The summed E-state index contributed by atoms with van der Waals surface area (Å²) in [7, 11) is 0. The van der Waals surface area contributed by atoms with Gasteiger partial charge < -0.3 is 19.1 Å². The maximum Gasteiger partial charge on any atom is 0.252 e. The third-order valence-corrected chi connectivity index (χ3v) is 19.0. The van der Waals surface area contributed by atoms with Gasteiger partial charge in [-0.3, -0.25) is 0 Å². The molecule has 78 heavy (non-hydrogen) atoms. The topological polar surface area (TPSA) is 22.9 Å². The van der Waals surface area contributed by atoms with Crippen molar-refractivity contribution in [2.75, 3.05) is 14.7 Å². The van der Waals surface area contributed by atoms with E-state index in [9.17, 15) is 0 Å². The summed E-state index contributed by atoms with van der Waals surface area (Å²) >= 11 is 0. The Morgan fingerprint density at radius 1 is 0.449 bits per heavy atom. The van der Waals surface area contributed by atoms with Crippen LogP contribution < -0.4 is 31.1 Å². The second kappa shape index (κ2) is 16.8. The Morgan fingerprint density at radius 3 is 1.55 bits per heavy atom. The van der Waals surface area contributed by atoms with Crippen molar-refractivity contribution in [1.82, 2.24) is 0 Å². The van der Waals surface area contributed by atoms with Gasteiger partial charge in [-0.1, -0.05) is 170 Å². The van der Waals surface area contributed by atoms with Crippen molar-refractivity contribution >= 4 is 96.2 Å². The molecule has 8 aromatic carbocycles. The number of benzene rings is 8. The molecular weight excluding hydrogens is 946 g/mol. The van der Waals surface area contributed by atoms with E-state index in [0.717, 1.165) is 69.6 Å². The molecule has 0 N–H and O–H groups in total. The minimum absolute atomic E-state index is 0.0100. The van der Waals surface area contributed by atoms with Crippen LogP contribution in [0.25, 0.3) is 21.9 Å². The number of fused-ring (bicyclic) bond motifs is 9. The Balaban J connectivity index is 1.13. The van der Waals surface area contributed by atoms with E-state index < -0.39 is 0 Å². The van der Waals surface area contributed by atoms with Crippen LogP contribution in [0, 0.1) is 13.8 Å². The van der Waals surface area contributed by atoms with Crippen LogP contribution in [0.15, 0.2) is 150 Å². The molecule has 13 rings (SSSR count). The second-order valence-electron chi connectivity index (χ2n) is 28.6. The van der Waals surface area contributed by atoms with Crippen molar-refractivity contribution in [3.8, 4) is 0 Å². The fraction of sp³-hybridized carbons (Fsp3) is 0.342.